The van der Waals surface area contributed by atoms with Gasteiger partial charge in [-0.3, -0.25) is 15.0 Å². The number of anilines is 2. The van der Waals surface area contributed by atoms with Crippen LogP contribution in [0.25, 0.3) is 0 Å². The fourth-order valence-electron chi connectivity index (χ4n) is 4.93. The van der Waals surface area contributed by atoms with E-state index in [1.807, 2.05) is 12.1 Å². The molecule has 210 valence electrons. The molecular formula is C30H33Cl2N5O3. The van der Waals surface area contributed by atoms with Crippen LogP contribution in [0.2, 0.25) is 10.0 Å². The van der Waals surface area contributed by atoms with Crippen LogP contribution in [0.4, 0.5) is 11.5 Å². The summed E-state index contributed by atoms with van der Waals surface area (Å²) in [5.74, 6) is 0.267. The monoisotopic (exact) mass is 581 g/mol. The highest BCUT2D eigenvalue weighted by Crippen LogP contribution is 2.31. The fourth-order valence-corrected chi connectivity index (χ4v) is 5.25. The number of likely N-dealkylation sites (tertiary alicyclic amines) is 1. The second kappa shape index (κ2) is 13.3. The Morgan fingerprint density at radius 3 is 2.25 bits per heavy atom. The summed E-state index contributed by atoms with van der Waals surface area (Å²) in [5, 5.41) is 12.1. The zero-order chi connectivity index (χ0) is 27.4. The predicted molar refractivity (Wildman–Crippen MR) is 161 cm³/mol. The van der Waals surface area contributed by atoms with Crippen LogP contribution in [0.15, 0.2) is 54.7 Å². The summed E-state index contributed by atoms with van der Waals surface area (Å²) in [6, 6.07) is 13.8. The number of ether oxygens (including phenoxy) is 1. The van der Waals surface area contributed by atoms with Gasteiger partial charge in [0.2, 0.25) is 0 Å². The molecule has 0 unspecified atom stereocenters. The van der Waals surface area contributed by atoms with Crippen molar-refractivity contribution in [3.8, 4) is 0 Å². The number of carbonyl (C=O) groups excluding carboxylic acids is 2. The number of carbonyl (C=O) groups is 2. The summed E-state index contributed by atoms with van der Waals surface area (Å²) >= 11 is 12.4. The molecule has 2 aliphatic heterocycles. The van der Waals surface area contributed by atoms with Gasteiger partial charge in [0, 0.05) is 66.2 Å². The van der Waals surface area contributed by atoms with Crippen LogP contribution in [-0.4, -0.2) is 66.8 Å². The lowest BCUT2D eigenvalue weighted by Gasteiger charge is -2.31. The third kappa shape index (κ3) is 6.81. The normalized spacial score (nSPS) is 14.9. The van der Waals surface area contributed by atoms with E-state index in [0.29, 0.717) is 64.7 Å². The zero-order valence-electron chi connectivity index (χ0n) is 21.4. The molecule has 3 heterocycles. The molecule has 1 amide bonds. The lowest BCUT2D eigenvalue weighted by molar-refractivity contribution is 0.0992. The first-order valence-electron chi connectivity index (χ1n) is 12.9. The van der Waals surface area contributed by atoms with E-state index in [9.17, 15) is 9.59 Å². The van der Waals surface area contributed by atoms with Crippen molar-refractivity contribution in [2.75, 3.05) is 49.6 Å². The molecule has 40 heavy (non-hydrogen) atoms. The van der Waals surface area contributed by atoms with Crippen LogP contribution in [0.3, 0.4) is 0 Å². The van der Waals surface area contributed by atoms with Crippen molar-refractivity contribution >= 4 is 52.2 Å². The molecule has 0 atom stereocenters. The zero-order valence-corrected chi connectivity index (χ0v) is 22.9. The molecule has 1 aromatic heterocycles. The Morgan fingerprint density at radius 1 is 0.925 bits per heavy atom. The molecule has 0 radical (unpaired) electrons. The minimum absolute atomic E-state index is 0. The molecule has 10 heteroatoms. The number of rotatable bonds is 7. The molecule has 3 aromatic rings. The highest BCUT2D eigenvalue weighted by Gasteiger charge is 2.25. The number of morpholine rings is 1. The second-order valence-electron chi connectivity index (χ2n) is 9.59. The van der Waals surface area contributed by atoms with Gasteiger partial charge in [-0.2, -0.15) is 0 Å². The highest BCUT2D eigenvalue weighted by atomic mass is 35.5. The van der Waals surface area contributed by atoms with Gasteiger partial charge in [0.05, 0.1) is 18.2 Å². The maximum atomic E-state index is 13.5. The van der Waals surface area contributed by atoms with E-state index in [-0.39, 0.29) is 19.6 Å². The van der Waals surface area contributed by atoms with E-state index in [1.165, 1.54) is 6.20 Å². The molecule has 5 rings (SSSR count). The summed E-state index contributed by atoms with van der Waals surface area (Å²) in [5.41, 5.74) is 2.93. The molecule has 2 aromatic carbocycles. The molecule has 0 aliphatic carbocycles. The van der Waals surface area contributed by atoms with Crippen LogP contribution in [0, 0.1) is 5.41 Å². The second-order valence-corrected chi connectivity index (χ2v) is 10.5. The molecular weight excluding hydrogens is 549 g/mol. The van der Waals surface area contributed by atoms with E-state index >= 15 is 0 Å². The van der Waals surface area contributed by atoms with Crippen molar-refractivity contribution in [1.82, 2.24) is 9.88 Å². The third-order valence-electron chi connectivity index (χ3n) is 7.00. The van der Waals surface area contributed by atoms with E-state index in [2.05, 4.69) is 20.1 Å². The number of Topliss-reactive ketones (excluding diaryl/α,β-unsaturated/α-hetero) is 1. The Hall–Kier alpha value is -3.46. The van der Waals surface area contributed by atoms with Gasteiger partial charge in [-0.15, -0.1) is 0 Å². The van der Waals surface area contributed by atoms with Gasteiger partial charge in [0.1, 0.15) is 11.7 Å². The molecule has 8 nitrogen and oxygen atoms in total. The molecule has 0 spiro atoms. The average molecular weight is 583 g/mol. The quantitative estimate of drug-likeness (QED) is 0.203. The van der Waals surface area contributed by atoms with Crippen molar-refractivity contribution in [3.63, 3.8) is 0 Å². The Kier molecular flexibility index (Phi) is 9.79. The van der Waals surface area contributed by atoms with Gasteiger partial charge < -0.3 is 19.9 Å². The van der Waals surface area contributed by atoms with Crippen molar-refractivity contribution in [1.29, 1.82) is 5.41 Å². The van der Waals surface area contributed by atoms with Crippen LogP contribution in [0.5, 0.6) is 0 Å². The number of amides is 1. The Labute approximate surface area is 244 Å². The summed E-state index contributed by atoms with van der Waals surface area (Å²) in [6.45, 7) is 4.10. The summed E-state index contributed by atoms with van der Waals surface area (Å²) < 4.78 is 5.51. The number of halogens is 2. The third-order valence-corrected chi connectivity index (χ3v) is 7.44. The van der Waals surface area contributed by atoms with Crippen LogP contribution >= 0.6 is 23.2 Å². The fraction of sp³-hybridized carbons (Fsp3) is 0.333. The molecule has 2 aliphatic rings. The number of aromatic nitrogens is 1. The smallest absolute Gasteiger partial charge is 0.257 e. The minimum atomic E-state index is -0.418. The van der Waals surface area contributed by atoms with Gasteiger partial charge in [-0.1, -0.05) is 54.9 Å². The van der Waals surface area contributed by atoms with Crippen LogP contribution in [0.1, 0.15) is 52.1 Å². The molecule has 2 fully saturated rings. The van der Waals surface area contributed by atoms with Gasteiger partial charge in [-0.25, -0.2) is 4.98 Å². The topological polar surface area (TPSA) is 98.6 Å². The maximum absolute atomic E-state index is 13.5. The number of benzene rings is 2. The number of nitrogens with one attached hydrogen (secondary N) is 2. The largest absolute Gasteiger partial charge is 0.378 e. The Morgan fingerprint density at radius 2 is 1.60 bits per heavy atom. The van der Waals surface area contributed by atoms with E-state index in [4.69, 9.17) is 33.3 Å². The van der Waals surface area contributed by atoms with Crippen molar-refractivity contribution in [2.24, 2.45) is 0 Å². The highest BCUT2D eigenvalue weighted by molar-refractivity contribution is 6.31. The summed E-state index contributed by atoms with van der Waals surface area (Å²) in [7, 11) is 0. The standard InChI is InChI=1S/C29H29Cl2N5O3.CH4/c30-21-7-8-27(33-18-21)34-29(38)24-15-22(31)16-25(35-11-13-39-14-12-35)23(24)17-26(37)19-3-5-20(6-4-19)28(32)36-9-1-2-10-36;/h3-8,15-16,18,32H,1-2,9-14,17H2,(H,33,34,38);1H4. The first-order valence-corrected chi connectivity index (χ1v) is 13.7. The van der Waals surface area contributed by atoms with Gasteiger partial charge >= 0.3 is 0 Å². The van der Waals surface area contributed by atoms with E-state index < -0.39 is 5.91 Å². The van der Waals surface area contributed by atoms with Crippen molar-refractivity contribution < 1.29 is 14.3 Å². The van der Waals surface area contributed by atoms with Gasteiger partial charge in [-0.05, 0) is 42.7 Å². The molecule has 2 N–H and O–H groups in total. The van der Waals surface area contributed by atoms with Crippen LogP contribution < -0.4 is 10.2 Å². The maximum Gasteiger partial charge on any atom is 0.257 e. The number of nitrogens with zero attached hydrogens (tertiary/aromatic N) is 3. The van der Waals surface area contributed by atoms with Crippen molar-refractivity contribution in [3.05, 3.63) is 87.0 Å². The number of pyridine rings is 1. The number of hydrogen-bond acceptors (Lipinski definition) is 6. The first-order chi connectivity index (χ1) is 18.9. The van der Waals surface area contributed by atoms with Crippen molar-refractivity contribution in [2.45, 2.75) is 26.7 Å². The summed E-state index contributed by atoms with van der Waals surface area (Å²) in [6.07, 6.45) is 3.64. The van der Waals surface area contributed by atoms with Crippen LogP contribution in [-0.2, 0) is 11.2 Å². The van der Waals surface area contributed by atoms with E-state index in [1.54, 1.807) is 36.4 Å². The molecule has 0 saturated carbocycles. The predicted octanol–water partition coefficient (Wildman–Crippen LogP) is 5.96. The molecule has 2 saturated heterocycles. The lowest BCUT2D eigenvalue weighted by Crippen LogP contribution is -2.37. The number of hydrogen-bond donors (Lipinski definition) is 2. The Balaban J connectivity index is 0.00000370. The molecule has 0 bridgehead atoms. The van der Waals surface area contributed by atoms with E-state index in [0.717, 1.165) is 37.2 Å². The lowest BCUT2D eigenvalue weighted by atomic mass is 9.95. The number of amidine groups is 1. The minimum Gasteiger partial charge on any atom is -0.378 e. The average Bonchev–Trinajstić information content (AvgIpc) is 3.50. The first kappa shape index (κ1) is 29.5. The number of ketones is 1. The van der Waals surface area contributed by atoms with Gasteiger partial charge in [0.25, 0.3) is 5.91 Å². The summed E-state index contributed by atoms with van der Waals surface area (Å²) in [4.78, 5) is 35.3. The Bertz CT molecular complexity index is 1370. The SMILES string of the molecule is C.N=C(c1ccc(C(=O)Cc2c(C(=O)Nc3ccc(Cl)cn3)cc(Cl)cc2N2CCOCC2)cc1)N1CCCC1. The van der Waals surface area contributed by atoms with Gasteiger partial charge in [0.15, 0.2) is 5.78 Å².